The van der Waals surface area contributed by atoms with Crippen LogP contribution in [0, 0.1) is 12.8 Å². The second kappa shape index (κ2) is 6.57. The van der Waals surface area contributed by atoms with E-state index in [4.69, 9.17) is 4.74 Å². The number of nitrogens with one attached hydrogen (secondary N) is 1. The van der Waals surface area contributed by atoms with Crippen LogP contribution in [-0.2, 0) is 9.53 Å². The monoisotopic (exact) mass is 263 g/mol. The number of hydrogen-bond donors (Lipinski definition) is 2. The molecule has 1 aromatic carbocycles. The van der Waals surface area contributed by atoms with Crippen LogP contribution < -0.4 is 5.32 Å². The number of phenolic OH excluding ortho intramolecular Hbond substituents is 1. The van der Waals surface area contributed by atoms with Gasteiger partial charge in [-0.25, -0.2) is 0 Å². The van der Waals surface area contributed by atoms with Crippen molar-refractivity contribution in [2.24, 2.45) is 5.92 Å². The SMILES string of the molecule is Cc1cc(O)ccc1NC(=O)CCC1CCOCC1. The van der Waals surface area contributed by atoms with Crippen LogP contribution in [0.4, 0.5) is 5.69 Å². The molecule has 1 saturated heterocycles. The molecule has 0 radical (unpaired) electrons. The van der Waals surface area contributed by atoms with Crippen molar-refractivity contribution in [2.45, 2.75) is 32.6 Å². The Kier molecular flexibility index (Phi) is 4.80. The zero-order valence-corrected chi connectivity index (χ0v) is 11.3. The Hall–Kier alpha value is -1.55. The minimum Gasteiger partial charge on any atom is -0.508 e. The third-order valence-corrected chi connectivity index (χ3v) is 3.60. The van der Waals surface area contributed by atoms with E-state index in [1.54, 1.807) is 18.2 Å². The summed E-state index contributed by atoms with van der Waals surface area (Å²) in [5.41, 5.74) is 1.65. The Bertz CT molecular complexity index is 439. The molecule has 0 saturated carbocycles. The van der Waals surface area contributed by atoms with E-state index in [0.29, 0.717) is 12.3 Å². The lowest BCUT2D eigenvalue weighted by atomic mass is 9.95. The summed E-state index contributed by atoms with van der Waals surface area (Å²) >= 11 is 0. The van der Waals surface area contributed by atoms with Crippen molar-refractivity contribution in [1.29, 1.82) is 0 Å². The third kappa shape index (κ3) is 4.24. The van der Waals surface area contributed by atoms with Gasteiger partial charge in [0.1, 0.15) is 5.75 Å². The number of phenols is 1. The summed E-state index contributed by atoms with van der Waals surface area (Å²) in [6.45, 7) is 3.51. The average molecular weight is 263 g/mol. The van der Waals surface area contributed by atoms with Crippen LogP contribution in [0.1, 0.15) is 31.2 Å². The van der Waals surface area contributed by atoms with Crippen LogP contribution in [0.2, 0.25) is 0 Å². The number of ether oxygens (including phenoxy) is 1. The van der Waals surface area contributed by atoms with E-state index in [2.05, 4.69) is 5.32 Å². The van der Waals surface area contributed by atoms with Crippen LogP contribution in [0.5, 0.6) is 5.75 Å². The molecule has 0 aromatic heterocycles. The van der Waals surface area contributed by atoms with Crippen molar-refractivity contribution in [2.75, 3.05) is 18.5 Å². The molecule has 1 aromatic rings. The van der Waals surface area contributed by atoms with E-state index in [0.717, 1.165) is 43.7 Å². The summed E-state index contributed by atoms with van der Waals surface area (Å²) in [4.78, 5) is 11.9. The molecule has 2 rings (SSSR count). The van der Waals surface area contributed by atoms with E-state index in [1.165, 1.54) is 0 Å². The molecule has 19 heavy (non-hydrogen) atoms. The molecule has 4 nitrogen and oxygen atoms in total. The predicted octanol–water partition coefficient (Wildman–Crippen LogP) is 2.85. The summed E-state index contributed by atoms with van der Waals surface area (Å²) < 4.78 is 5.30. The molecule has 1 aliphatic heterocycles. The largest absolute Gasteiger partial charge is 0.508 e. The lowest BCUT2D eigenvalue weighted by Gasteiger charge is -2.21. The fraction of sp³-hybridized carbons (Fsp3) is 0.533. The second-order valence-electron chi connectivity index (χ2n) is 5.14. The Labute approximate surface area is 113 Å². The first kappa shape index (κ1) is 13.9. The van der Waals surface area contributed by atoms with Gasteiger partial charge in [-0.1, -0.05) is 0 Å². The number of hydrogen-bond acceptors (Lipinski definition) is 3. The van der Waals surface area contributed by atoms with Gasteiger partial charge in [0.2, 0.25) is 5.91 Å². The molecule has 2 N–H and O–H groups in total. The summed E-state index contributed by atoms with van der Waals surface area (Å²) in [7, 11) is 0. The first-order valence-corrected chi connectivity index (χ1v) is 6.82. The summed E-state index contributed by atoms with van der Waals surface area (Å²) in [6.07, 6.45) is 3.59. The number of amides is 1. The van der Waals surface area contributed by atoms with Crippen molar-refractivity contribution in [3.63, 3.8) is 0 Å². The van der Waals surface area contributed by atoms with Crippen LogP contribution in [-0.4, -0.2) is 24.2 Å². The average Bonchev–Trinajstić information content (AvgIpc) is 2.41. The molecule has 0 spiro atoms. The minimum absolute atomic E-state index is 0.0419. The van der Waals surface area contributed by atoms with Crippen molar-refractivity contribution < 1.29 is 14.6 Å². The van der Waals surface area contributed by atoms with Gasteiger partial charge in [0.15, 0.2) is 0 Å². The molecule has 104 valence electrons. The van der Waals surface area contributed by atoms with Gasteiger partial charge in [0.05, 0.1) is 0 Å². The number of carbonyl (C=O) groups excluding carboxylic acids is 1. The molecule has 0 atom stereocenters. The second-order valence-corrected chi connectivity index (χ2v) is 5.14. The first-order valence-electron chi connectivity index (χ1n) is 6.82. The van der Waals surface area contributed by atoms with Gasteiger partial charge in [0, 0.05) is 25.3 Å². The standard InChI is InChI=1S/C15H21NO3/c1-11-10-13(17)3-4-14(11)16-15(18)5-2-12-6-8-19-9-7-12/h3-4,10,12,17H,2,5-9H2,1H3,(H,16,18). The molecule has 4 heteroatoms. The van der Waals surface area contributed by atoms with Crippen molar-refractivity contribution in [3.05, 3.63) is 23.8 Å². The normalized spacial score (nSPS) is 16.3. The Morgan fingerprint density at radius 1 is 1.42 bits per heavy atom. The van der Waals surface area contributed by atoms with E-state index >= 15 is 0 Å². The number of anilines is 1. The molecule has 0 aliphatic carbocycles. The summed E-state index contributed by atoms with van der Waals surface area (Å²) in [6, 6.07) is 4.96. The Balaban J connectivity index is 1.80. The lowest BCUT2D eigenvalue weighted by molar-refractivity contribution is -0.116. The zero-order chi connectivity index (χ0) is 13.7. The van der Waals surface area contributed by atoms with E-state index < -0.39 is 0 Å². The van der Waals surface area contributed by atoms with Crippen LogP contribution in [0.15, 0.2) is 18.2 Å². The molecule has 0 bridgehead atoms. The number of benzene rings is 1. The molecule has 1 heterocycles. The Morgan fingerprint density at radius 3 is 2.84 bits per heavy atom. The minimum atomic E-state index is 0.0419. The summed E-state index contributed by atoms with van der Waals surface area (Å²) in [5, 5.41) is 12.2. The highest BCUT2D eigenvalue weighted by Crippen LogP contribution is 2.22. The lowest BCUT2D eigenvalue weighted by Crippen LogP contribution is -2.19. The fourth-order valence-corrected chi connectivity index (χ4v) is 2.37. The highest BCUT2D eigenvalue weighted by atomic mass is 16.5. The molecule has 1 aliphatic rings. The first-order chi connectivity index (χ1) is 9.15. The quantitative estimate of drug-likeness (QED) is 0.821. The maximum absolute atomic E-state index is 11.9. The van der Waals surface area contributed by atoms with Gasteiger partial charge in [0.25, 0.3) is 0 Å². The number of carbonyl (C=O) groups is 1. The number of rotatable bonds is 4. The highest BCUT2D eigenvalue weighted by molar-refractivity contribution is 5.91. The third-order valence-electron chi connectivity index (χ3n) is 3.60. The van der Waals surface area contributed by atoms with E-state index in [-0.39, 0.29) is 11.7 Å². The topological polar surface area (TPSA) is 58.6 Å². The fourth-order valence-electron chi connectivity index (χ4n) is 2.37. The smallest absolute Gasteiger partial charge is 0.224 e. The van der Waals surface area contributed by atoms with Crippen molar-refractivity contribution >= 4 is 11.6 Å². The maximum Gasteiger partial charge on any atom is 0.224 e. The Morgan fingerprint density at radius 2 is 2.16 bits per heavy atom. The van der Waals surface area contributed by atoms with Gasteiger partial charge in [-0.15, -0.1) is 0 Å². The number of aryl methyl sites for hydroxylation is 1. The van der Waals surface area contributed by atoms with Crippen LogP contribution in [0.3, 0.4) is 0 Å². The van der Waals surface area contributed by atoms with Gasteiger partial charge in [-0.2, -0.15) is 0 Å². The molecule has 1 amide bonds. The van der Waals surface area contributed by atoms with Crippen molar-refractivity contribution in [1.82, 2.24) is 0 Å². The predicted molar refractivity (Wildman–Crippen MR) is 74.3 cm³/mol. The highest BCUT2D eigenvalue weighted by Gasteiger charge is 2.15. The van der Waals surface area contributed by atoms with Crippen molar-refractivity contribution in [3.8, 4) is 5.75 Å². The van der Waals surface area contributed by atoms with Gasteiger partial charge < -0.3 is 15.2 Å². The van der Waals surface area contributed by atoms with E-state index in [1.807, 2.05) is 6.92 Å². The van der Waals surface area contributed by atoms with Gasteiger partial charge >= 0.3 is 0 Å². The molecular formula is C15H21NO3. The summed E-state index contributed by atoms with van der Waals surface area (Å²) in [5.74, 6) is 0.874. The van der Waals surface area contributed by atoms with Crippen LogP contribution in [0.25, 0.3) is 0 Å². The zero-order valence-electron chi connectivity index (χ0n) is 11.3. The maximum atomic E-state index is 11.9. The van der Waals surface area contributed by atoms with Gasteiger partial charge in [-0.3, -0.25) is 4.79 Å². The molecular weight excluding hydrogens is 242 g/mol. The molecule has 1 fully saturated rings. The van der Waals surface area contributed by atoms with Gasteiger partial charge in [-0.05, 0) is 55.9 Å². The number of aromatic hydroxyl groups is 1. The van der Waals surface area contributed by atoms with Crippen LogP contribution >= 0.6 is 0 Å². The van der Waals surface area contributed by atoms with E-state index in [9.17, 15) is 9.90 Å². The molecule has 0 unspecified atom stereocenters.